The molecule has 0 saturated heterocycles. The first kappa shape index (κ1) is 8.51. The molecule has 0 aliphatic rings. The Bertz CT molecular complexity index is 316. The summed E-state index contributed by atoms with van der Waals surface area (Å²) < 4.78 is 0. The standard InChI is InChI=1S/C10H9NO/c11-7-1-2-9-3-5-10(8-12)6-4-9/h3-6,8H,7,11H2. The van der Waals surface area contributed by atoms with Crippen molar-refractivity contribution in [1.82, 2.24) is 0 Å². The first-order chi connectivity index (χ1) is 5.86. The lowest BCUT2D eigenvalue weighted by atomic mass is 10.1. The van der Waals surface area contributed by atoms with Crippen molar-refractivity contribution in [3.8, 4) is 11.8 Å². The zero-order valence-corrected chi connectivity index (χ0v) is 6.58. The number of benzene rings is 1. The van der Waals surface area contributed by atoms with Gasteiger partial charge in [-0.2, -0.15) is 0 Å². The van der Waals surface area contributed by atoms with Crippen LogP contribution in [0.15, 0.2) is 24.3 Å². The minimum absolute atomic E-state index is 0.357. The van der Waals surface area contributed by atoms with Gasteiger partial charge in [0.15, 0.2) is 0 Å². The van der Waals surface area contributed by atoms with Crippen LogP contribution < -0.4 is 5.73 Å². The average Bonchev–Trinajstić information content (AvgIpc) is 2.15. The Morgan fingerprint density at radius 2 is 2.00 bits per heavy atom. The predicted octanol–water partition coefficient (Wildman–Crippen LogP) is 0.809. The van der Waals surface area contributed by atoms with Crippen LogP contribution in [0.25, 0.3) is 0 Å². The Balaban J connectivity index is 2.84. The number of aldehydes is 1. The van der Waals surface area contributed by atoms with E-state index in [1.807, 2.05) is 0 Å². The summed E-state index contributed by atoms with van der Waals surface area (Å²) in [6.45, 7) is 0.357. The number of hydrogen-bond donors (Lipinski definition) is 1. The highest BCUT2D eigenvalue weighted by atomic mass is 16.1. The van der Waals surface area contributed by atoms with E-state index < -0.39 is 0 Å². The smallest absolute Gasteiger partial charge is 0.150 e. The van der Waals surface area contributed by atoms with E-state index in [9.17, 15) is 4.79 Å². The largest absolute Gasteiger partial charge is 0.320 e. The molecule has 0 aliphatic carbocycles. The molecule has 0 aliphatic heterocycles. The summed E-state index contributed by atoms with van der Waals surface area (Å²) >= 11 is 0. The van der Waals surface area contributed by atoms with E-state index in [4.69, 9.17) is 5.73 Å². The molecule has 60 valence electrons. The molecule has 2 N–H and O–H groups in total. The van der Waals surface area contributed by atoms with Crippen molar-refractivity contribution < 1.29 is 4.79 Å². The number of hydrogen-bond acceptors (Lipinski definition) is 2. The molecule has 12 heavy (non-hydrogen) atoms. The molecule has 0 radical (unpaired) electrons. The molecule has 2 heteroatoms. The molecule has 1 aromatic carbocycles. The van der Waals surface area contributed by atoms with E-state index in [1.165, 1.54) is 0 Å². The van der Waals surface area contributed by atoms with Gasteiger partial charge in [-0.15, -0.1) is 0 Å². The van der Waals surface area contributed by atoms with Gasteiger partial charge in [0.2, 0.25) is 0 Å². The van der Waals surface area contributed by atoms with Crippen LogP contribution in [0, 0.1) is 11.8 Å². The van der Waals surface area contributed by atoms with Crippen molar-refractivity contribution in [1.29, 1.82) is 0 Å². The van der Waals surface area contributed by atoms with Gasteiger partial charge in [0.25, 0.3) is 0 Å². The van der Waals surface area contributed by atoms with Crippen LogP contribution in [0.5, 0.6) is 0 Å². The van der Waals surface area contributed by atoms with Gasteiger partial charge >= 0.3 is 0 Å². The van der Waals surface area contributed by atoms with Gasteiger partial charge in [-0.1, -0.05) is 24.0 Å². The van der Waals surface area contributed by atoms with Crippen LogP contribution in [-0.2, 0) is 0 Å². The molecule has 0 heterocycles. The second kappa shape index (κ2) is 4.32. The minimum atomic E-state index is 0.357. The maximum atomic E-state index is 10.3. The number of carbonyl (C=O) groups is 1. The first-order valence-electron chi connectivity index (χ1n) is 3.61. The van der Waals surface area contributed by atoms with Gasteiger partial charge in [0.1, 0.15) is 6.29 Å². The number of rotatable bonds is 1. The van der Waals surface area contributed by atoms with Crippen molar-refractivity contribution in [3.05, 3.63) is 35.4 Å². The molecule has 2 nitrogen and oxygen atoms in total. The molecule has 0 atom stereocenters. The van der Waals surface area contributed by atoms with Gasteiger partial charge in [-0.25, -0.2) is 0 Å². The molecule has 0 spiro atoms. The van der Waals surface area contributed by atoms with Crippen LogP contribution in [0.4, 0.5) is 0 Å². The average molecular weight is 159 g/mol. The number of nitrogens with two attached hydrogens (primary N) is 1. The van der Waals surface area contributed by atoms with E-state index >= 15 is 0 Å². The SMILES string of the molecule is NCC#Cc1ccc(C=O)cc1. The Kier molecular flexibility index (Phi) is 3.06. The van der Waals surface area contributed by atoms with Crippen molar-refractivity contribution in [2.24, 2.45) is 5.73 Å². The van der Waals surface area contributed by atoms with Crippen molar-refractivity contribution in [2.45, 2.75) is 0 Å². The van der Waals surface area contributed by atoms with Gasteiger partial charge in [0.05, 0.1) is 6.54 Å². The fraction of sp³-hybridized carbons (Fsp3) is 0.100. The van der Waals surface area contributed by atoms with E-state index in [-0.39, 0.29) is 0 Å². The molecule has 0 aromatic heterocycles. The molecular formula is C10H9NO. The molecule has 0 unspecified atom stereocenters. The van der Waals surface area contributed by atoms with Crippen molar-refractivity contribution >= 4 is 6.29 Å². The summed E-state index contributed by atoms with van der Waals surface area (Å²) in [6.07, 6.45) is 0.806. The maximum Gasteiger partial charge on any atom is 0.150 e. The maximum absolute atomic E-state index is 10.3. The second-order valence-electron chi connectivity index (χ2n) is 2.25. The number of carbonyl (C=O) groups excluding carboxylic acids is 1. The van der Waals surface area contributed by atoms with Gasteiger partial charge < -0.3 is 5.73 Å². The van der Waals surface area contributed by atoms with Crippen molar-refractivity contribution in [3.63, 3.8) is 0 Å². The van der Waals surface area contributed by atoms with Gasteiger partial charge in [-0.3, -0.25) is 4.79 Å². The first-order valence-corrected chi connectivity index (χ1v) is 3.61. The molecule has 0 fully saturated rings. The zero-order valence-electron chi connectivity index (χ0n) is 6.58. The van der Waals surface area contributed by atoms with E-state index in [0.29, 0.717) is 12.1 Å². The Labute approximate surface area is 71.4 Å². The third-order valence-electron chi connectivity index (χ3n) is 1.38. The van der Waals surface area contributed by atoms with Crippen molar-refractivity contribution in [2.75, 3.05) is 6.54 Å². The third-order valence-corrected chi connectivity index (χ3v) is 1.38. The molecule has 0 saturated carbocycles. The molecule has 1 rings (SSSR count). The highest BCUT2D eigenvalue weighted by Crippen LogP contribution is 1.99. The highest BCUT2D eigenvalue weighted by Gasteiger charge is 1.88. The minimum Gasteiger partial charge on any atom is -0.320 e. The Morgan fingerprint density at radius 3 is 2.50 bits per heavy atom. The quantitative estimate of drug-likeness (QED) is 0.486. The summed E-state index contributed by atoms with van der Waals surface area (Å²) in [6, 6.07) is 7.06. The lowest BCUT2D eigenvalue weighted by Gasteiger charge is -1.89. The fourth-order valence-electron chi connectivity index (χ4n) is 0.798. The van der Waals surface area contributed by atoms with E-state index in [1.54, 1.807) is 24.3 Å². The van der Waals surface area contributed by atoms with E-state index in [0.717, 1.165) is 11.8 Å². The van der Waals surface area contributed by atoms with Gasteiger partial charge in [-0.05, 0) is 12.1 Å². The summed E-state index contributed by atoms with van der Waals surface area (Å²) in [7, 11) is 0. The topological polar surface area (TPSA) is 43.1 Å². The Hall–Kier alpha value is -1.59. The summed E-state index contributed by atoms with van der Waals surface area (Å²) in [5, 5.41) is 0. The summed E-state index contributed by atoms with van der Waals surface area (Å²) in [5.74, 6) is 5.60. The molecular weight excluding hydrogens is 150 g/mol. The second-order valence-corrected chi connectivity index (χ2v) is 2.25. The highest BCUT2D eigenvalue weighted by molar-refractivity contribution is 5.74. The van der Waals surface area contributed by atoms with Crippen LogP contribution in [0.1, 0.15) is 15.9 Å². The zero-order chi connectivity index (χ0) is 8.81. The van der Waals surface area contributed by atoms with E-state index in [2.05, 4.69) is 11.8 Å². The van der Waals surface area contributed by atoms with Crippen LogP contribution in [0.3, 0.4) is 0 Å². The third kappa shape index (κ3) is 2.22. The summed E-state index contributed by atoms with van der Waals surface area (Å²) in [5.41, 5.74) is 6.74. The van der Waals surface area contributed by atoms with Crippen LogP contribution >= 0.6 is 0 Å². The lowest BCUT2D eigenvalue weighted by molar-refractivity contribution is 0.112. The monoisotopic (exact) mass is 159 g/mol. The lowest BCUT2D eigenvalue weighted by Crippen LogP contribution is -1.93. The molecule has 0 bridgehead atoms. The summed E-state index contributed by atoms with van der Waals surface area (Å²) in [4.78, 5) is 10.3. The molecule has 1 aromatic rings. The normalized spacial score (nSPS) is 8.42. The Morgan fingerprint density at radius 1 is 1.33 bits per heavy atom. The molecule has 0 amide bonds. The van der Waals surface area contributed by atoms with Crippen LogP contribution in [0.2, 0.25) is 0 Å². The van der Waals surface area contributed by atoms with Gasteiger partial charge in [0, 0.05) is 11.1 Å². The van der Waals surface area contributed by atoms with Crippen LogP contribution in [-0.4, -0.2) is 12.8 Å². The predicted molar refractivity (Wildman–Crippen MR) is 47.8 cm³/mol. The fourth-order valence-corrected chi connectivity index (χ4v) is 0.798.